The fourth-order valence-electron chi connectivity index (χ4n) is 2.83. The number of hydrogen-bond donors (Lipinski definition) is 0. The highest BCUT2D eigenvalue weighted by molar-refractivity contribution is 5.56. The molecule has 3 heteroatoms. The SMILES string of the molecule is CCC(C)CCCC(C)(CC)OC/C=C/c1ccc2c(c1)OCO2. The summed E-state index contributed by atoms with van der Waals surface area (Å²) in [6.07, 6.45) is 10.1. The van der Waals surface area contributed by atoms with Crippen LogP contribution in [0.4, 0.5) is 0 Å². The van der Waals surface area contributed by atoms with E-state index in [2.05, 4.69) is 39.8 Å². The first-order valence-electron chi connectivity index (χ1n) is 9.26. The fourth-order valence-corrected chi connectivity index (χ4v) is 2.83. The van der Waals surface area contributed by atoms with Gasteiger partial charge in [-0.2, -0.15) is 0 Å². The fraction of sp³-hybridized carbons (Fsp3) is 0.619. The molecule has 2 rings (SSSR count). The molecule has 0 saturated carbocycles. The van der Waals surface area contributed by atoms with E-state index in [1.165, 1.54) is 19.3 Å². The van der Waals surface area contributed by atoms with Crippen molar-refractivity contribution in [3.63, 3.8) is 0 Å². The van der Waals surface area contributed by atoms with Gasteiger partial charge < -0.3 is 14.2 Å². The Morgan fingerprint density at radius 2 is 2.04 bits per heavy atom. The molecule has 2 unspecified atom stereocenters. The quantitative estimate of drug-likeness (QED) is 0.539. The van der Waals surface area contributed by atoms with Crippen molar-refractivity contribution < 1.29 is 14.2 Å². The first-order chi connectivity index (χ1) is 11.6. The summed E-state index contributed by atoms with van der Waals surface area (Å²) in [7, 11) is 0. The summed E-state index contributed by atoms with van der Waals surface area (Å²) in [5, 5.41) is 0. The van der Waals surface area contributed by atoms with E-state index in [1.54, 1.807) is 0 Å². The van der Waals surface area contributed by atoms with Crippen LogP contribution in [0.5, 0.6) is 11.5 Å². The zero-order valence-electron chi connectivity index (χ0n) is 15.6. The van der Waals surface area contributed by atoms with Gasteiger partial charge in [0.25, 0.3) is 0 Å². The third-order valence-corrected chi connectivity index (χ3v) is 5.08. The topological polar surface area (TPSA) is 27.7 Å². The van der Waals surface area contributed by atoms with Crippen LogP contribution < -0.4 is 9.47 Å². The third kappa shape index (κ3) is 5.55. The average Bonchev–Trinajstić information content (AvgIpc) is 3.06. The van der Waals surface area contributed by atoms with E-state index in [1.807, 2.05) is 18.2 Å². The van der Waals surface area contributed by atoms with Gasteiger partial charge >= 0.3 is 0 Å². The first kappa shape index (κ1) is 18.9. The minimum Gasteiger partial charge on any atom is -0.454 e. The summed E-state index contributed by atoms with van der Waals surface area (Å²) in [4.78, 5) is 0. The second-order valence-corrected chi connectivity index (χ2v) is 7.04. The van der Waals surface area contributed by atoms with Crippen LogP contribution in [0, 0.1) is 5.92 Å². The summed E-state index contributed by atoms with van der Waals surface area (Å²) in [6, 6.07) is 5.99. The van der Waals surface area contributed by atoms with Crippen molar-refractivity contribution in [2.24, 2.45) is 5.92 Å². The normalized spacial score (nSPS) is 17.2. The second-order valence-electron chi connectivity index (χ2n) is 7.04. The van der Waals surface area contributed by atoms with Crippen LogP contribution in [0.25, 0.3) is 6.08 Å². The molecule has 0 bridgehead atoms. The highest BCUT2D eigenvalue weighted by Gasteiger charge is 2.22. The van der Waals surface area contributed by atoms with Crippen LogP contribution in [0.3, 0.4) is 0 Å². The number of hydrogen-bond acceptors (Lipinski definition) is 3. The van der Waals surface area contributed by atoms with Gasteiger partial charge in [-0.05, 0) is 43.4 Å². The van der Waals surface area contributed by atoms with E-state index < -0.39 is 0 Å². The Morgan fingerprint density at radius 1 is 1.25 bits per heavy atom. The Morgan fingerprint density at radius 3 is 2.79 bits per heavy atom. The van der Waals surface area contributed by atoms with Crippen LogP contribution >= 0.6 is 0 Å². The van der Waals surface area contributed by atoms with Crippen LogP contribution in [0.15, 0.2) is 24.3 Å². The molecule has 0 saturated heterocycles. The van der Waals surface area contributed by atoms with Crippen molar-refractivity contribution in [2.45, 2.75) is 65.4 Å². The Kier molecular flexibility index (Phi) is 7.16. The number of benzene rings is 1. The van der Waals surface area contributed by atoms with Crippen LogP contribution in [0.2, 0.25) is 0 Å². The lowest BCUT2D eigenvalue weighted by Gasteiger charge is -2.28. The van der Waals surface area contributed by atoms with Gasteiger partial charge in [-0.25, -0.2) is 0 Å². The lowest BCUT2D eigenvalue weighted by molar-refractivity contribution is -0.0274. The second kappa shape index (κ2) is 9.12. The Bertz CT molecular complexity index is 538. The van der Waals surface area contributed by atoms with Crippen molar-refractivity contribution in [3.05, 3.63) is 29.8 Å². The maximum atomic E-state index is 6.17. The number of ether oxygens (including phenoxy) is 3. The van der Waals surface area contributed by atoms with Crippen molar-refractivity contribution >= 4 is 6.08 Å². The minimum atomic E-state index is -0.0211. The molecule has 1 aliphatic rings. The van der Waals surface area contributed by atoms with Crippen LogP contribution in [0.1, 0.15) is 65.4 Å². The van der Waals surface area contributed by atoms with Crippen LogP contribution in [-0.4, -0.2) is 19.0 Å². The zero-order valence-corrected chi connectivity index (χ0v) is 15.6. The van der Waals surface area contributed by atoms with Crippen molar-refractivity contribution in [3.8, 4) is 11.5 Å². The summed E-state index contributed by atoms with van der Waals surface area (Å²) in [5.74, 6) is 2.46. The molecule has 24 heavy (non-hydrogen) atoms. The molecule has 0 amide bonds. The van der Waals surface area contributed by atoms with Gasteiger partial charge in [0.05, 0.1) is 12.2 Å². The molecular formula is C21H32O3. The number of fused-ring (bicyclic) bond motifs is 1. The molecule has 1 aromatic carbocycles. The number of rotatable bonds is 10. The van der Waals surface area contributed by atoms with Gasteiger partial charge in [-0.3, -0.25) is 0 Å². The summed E-state index contributed by atoms with van der Waals surface area (Å²) < 4.78 is 16.9. The third-order valence-electron chi connectivity index (χ3n) is 5.08. The Balaban J connectivity index is 1.78. The van der Waals surface area contributed by atoms with E-state index in [-0.39, 0.29) is 5.60 Å². The Hall–Kier alpha value is -1.48. The van der Waals surface area contributed by atoms with E-state index >= 15 is 0 Å². The molecule has 0 aromatic heterocycles. The van der Waals surface area contributed by atoms with Crippen molar-refractivity contribution in [2.75, 3.05) is 13.4 Å². The smallest absolute Gasteiger partial charge is 0.231 e. The monoisotopic (exact) mass is 332 g/mol. The highest BCUT2D eigenvalue weighted by Crippen LogP contribution is 2.32. The van der Waals surface area contributed by atoms with E-state index in [0.29, 0.717) is 13.4 Å². The maximum Gasteiger partial charge on any atom is 0.231 e. The van der Waals surface area contributed by atoms with Gasteiger partial charge in [0.2, 0.25) is 6.79 Å². The molecule has 1 aromatic rings. The molecule has 0 fully saturated rings. The molecular weight excluding hydrogens is 300 g/mol. The molecule has 0 radical (unpaired) electrons. The van der Waals surface area contributed by atoms with Gasteiger partial charge in [-0.15, -0.1) is 0 Å². The summed E-state index contributed by atoms with van der Waals surface area (Å²) in [5.41, 5.74) is 1.09. The molecule has 3 nitrogen and oxygen atoms in total. The Labute approximate surface area is 147 Å². The first-order valence-corrected chi connectivity index (χ1v) is 9.26. The average molecular weight is 332 g/mol. The largest absolute Gasteiger partial charge is 0.454 e. The lowest BCUT2D eigenvalue weighted by Crippen LogP contribution is -2.28. The standard InChI is InChI=1S/C21H32O3/c1-5-17(3)9-7-13-21(4,6-2)24-14-8-10-18-11-12-19-20(15-18)23-16-22-19/h8,10-12,15,17H,5-7,9,13-14,16H2,1-4H3/b10-8+. The van der Waals surface area contributed by atoms with E-state index in [4.69, 9.17) is 14.2 Å². The van der Waals surface area contributed by atoms with E-state index in [9.17, 15) is 0 Å². The molecule has 0 spiro atoms. The predicted molar refractivity (Wildman–Crippen MR) is 99.6 cm³/mol. The van der Waals surface area contributed by atoms with Crippen molar-refractivity contribution in [1.29, 1.82) is 0 Å². The van der Waals surface area contributed by atoms with Crippen LogP contribution in [-0.2, 0) is 4.74 Å². The molecule has 2 atom stereocenters. The molecule has 1 aliphatic heterocycles. The summed E-state index contributed by atoms with van der Waals surface area (Å²) in [6.45, 7) is 10.0. The molecule has 134 valence electrons. The molecule has 0 N–H and O–H groups in total. The predicted octanol–water partition coefficient (Wildman–Crippen LogP) is 5.83. The van der Waals surface area contributed by atoms with Gasteiger partial charge in [-0.1, -0.05) is 58.3 Å². The minimum absolute atomic E-state index is 0.0211. The van der Waals surface area contributed by atoms with Gasteiger partial charge in [0.15, 0.2) is 11.5 Å². The maximum absolute atomic E-state index is 6.17. The molecule has 0 aliphatic carbocycles. The zero-order chi connectivity index (χ0) is 17.4. The highest BCUT2D eigenvalue weighted by atomic mass is 16.7. The van der Waals surface area contributed by atoms with E-state index in [0.717, 1.165) is 35.8 Å². The lowest BCUT2D eigenvalue weighted by atomic mass is 9.92. The van der Waals surface area contributed by atoms with Gasteiger partial charge in [0, 0.05) is 0 Å². The summed E-state index contributed by atoms with van der Waals surface area (Å²) >= 11 is 0. The molecule has 1 heterocycles. The van der Waals surface area contributed by atoms with Gasteiger partial charge in [0.1, 0.15) is 0 Å². The van der Waals surface area contributed by atoms with Crippen molar-refractivity contribution in [1.82, 2.24) is 0 Å².